The van der Waals surface area contributed by atoms with Gasteiger partial charge in [-0.25, -0.2) is 0 Å². The fourth-order valence-electron chi connectivity index (χ4n) is 3.48. The molecule has 1 aliphatic rings. The highest BCUT2D eigenvalue weighted by Crippen LogP contribution is 2.42. The predicted octanol–water partition coefficient (Wildman–Crippen LogP) is 5.69. The lowest BCUT2D eigenvalue weighted by atomic mass is 9.92. The quantitative estimate of drug-likeness (QED) is 0.354. The lowest BCUT2D eigenvalue weighted by Gasteiger charge is -2.23. The lowest BCUT2D eigenvalue weighted by Crippen LogP contribution is -2.04. The van der Waals surface area contributed by atoms with E-state index in [1.54, 1.807) is 0 Å². The fraction of sp³-hybridized carbons (Fsp3) is 0.0476. The average molecular weight is 282 g/mol. The Labute approximate surface area is 128 Å². The lowest BCUT2D eigenvalue weighted by molar-refractivity contribution is 0.463. The molecular weight excluding hydrogens is 268 g/mol. The summed E-state index contributed by atoms with van der Waals surface area (Å²) < 4.78 is 6.19. The van der Waals surface area contributed by atoms with Crippen LogP contribution in [0.25, 0.3) is 21.5 Å². The molecule has 0 saturated carbocycles. The van der Waals surface area contributed by atoms with Crippen molar-refractivity contribution < 1.29 is 4.74 Å². The van der Waals surface area contributed by atoms with E-state index >= 15 is 0 Å². The van der Waals surface area contributed by atoms with E-state index in [1.165, 1.54) is 32.7 Å². The summed E-state index contributed by atoms with van der Waals surface area (Å²) in [4.78, 5) is 0. The van der Waals surface area contributed by atoms with Gasteiger partial charge in [0.15, 0.2) is 0 Å². The summed E-state index contributed by atoms with van der Waals surface area (Å²) in [5.41, 5.74) is 2.59. The Morgan fingerprint density at radius 2 is 1.05 bits per heavy atom. The molecule has 0 amide bonds. The SMILES string of the molecule is c1ccc2c3c(ccc2c1)Oc1ccc2ccccc2c1C3. The van der Waals surface area contributed by atoms with Gasteiger partial charge in [-0.1, -0.05) is 60.7 Å². The Kier molecular flexibility index (Phi) is 2.33. The van der Waals surface area contributed by atoms with Gasteiger partial charge < -0.3 is 4.74 Å². The Balaban J connectivity index is 1.80. The second-order valence-electron chi connectivity index (χ2n) is 5.81. The second-order valence-corrected chi connectivity index (χ2v) is 5.81. The van der Waals surface area contributed by atoms with Crippen molar-refractivity contribution in [3.63, 3.8) is 0 Å². The van der Waals surface area contributed by atoms with Crippen LogP contribution in [0, 0.1) is 0 Å². The van der Waals surface area contributed by atoms with Gasteiger partial charge in [0.05, 0.1) is 0 Å². The first-order chi connectivity index (χ1) is 10.9. The largest absolute Gasteiger partial charge is 0.457 e. The first-order valence-corrected chi connectivity index (χ1v) is 7.59. The molecule has 1 aliphatic heterocycles. The highest BCUT2D eigenvalue weighted by Gasteiger charge is 2.20. The molecule has 5 rings (SSSR count). The first kappa shape index (κ1) is 11.8. The van der Waals surface area contributed by atoms with E-state index in [0.717, 1.165) is 17.9 Å². The third-order valence-electron chi connectivity index (χ3n) is 4.57. The van der Waals surface area contributed by atoms with Crippen molar-refractivity contribution in [2.75, 3.05) is 0 Å². The first-order valence-electron chi connectivity index (χ1n) is 7.59. The van der Waals surface area contributed by atoms with E-state index in [1.807, 2.05) is 0 Å². The highest BCUT2D eigenvalue weighted by atomic mass is 16.5. The van der Waals surface area contributed by atoms with Crippen molar-refractivity contribution in [3.05, 3.63) is 83.9 Å². The van der Waals surface area contributed by atoms with E-state index in [0.29, 0.717) is 0 Å². The normalized spacial score (nSPS) is 12.7. The molecule has 0 radical (unpaired) electrons. The topological polar surface area (TPSA) is 9.23 Å². The van der Waals surface area contributed by atoms with Crippen LogP contribution in [-0.4, -0.2) is 0 Å². The van der Waals surface area contributed by atoms with E-state index < -0.39 is 0 Å². The monoisotopic (exact) mass is 282 g/mol. The van der Waals surface area contributed by atoms with Gasteiger partial charge in [0.2, 0.25) is 0 Å². The summed E-state index contributed by atoms with van der Waals surface area (Å²) in [6.07, 6.45) is 0.924. The van der Waals surface area contributed by atoms with Crippen LogP contribution >= 0.6 is 0 Å². The molecule has 0 atom stereocenters. The number of hydrogen-bond donors (Lipinski definition) is 0. The maximum Gasteiger partial charge on any atom is 0.131 e. The second kappa shape index (κ2) is 4.35. The van der Waals surface area contributed by atoms with E-state index in [-0.39, 0.29) is 0 Å². The molecule has 0 unspecified atom stereocenters. The van der Waals surface area contributed by atoms with Crippen LogP contribution in [0.3, 0.4) is 0 Å². The molecule has 104 valence electrons. The molecule has 4 aromatic rings. The fourth-order valence-corrected chi connectivity index (χ4v) is 3.48. The van der Waals surface area contributed by atoms with Gasteiger partial charge in [-0.3, -0.25) is 0 Å². The zero-order valence-corrected chi connectivity index (χ0v) is 12.0. The molecule has 0 fully saturated rings. The third-order valence-corrected chi connectivity index (χ3v) is 4.57. The van der Waals surface area contributed by atoms with Crippen molar-refractivity contribution in [1.82, 2.24) is 0 Å². The number of ether oxygens (including phenoxy) is 1. The van der Waals surface area contributed by atoms with Crippen molar-refractivity contribution in [2.24, 2.45) is 0 Å². The standard InChI is InChI=1S/C21H14O/c1-3-7-16-14(5-1)9-11-20-18(16)13-19-17-8-4-2-6-15(17)10-12-21(19)22-20/h1-12H,13H2. The zero-order chi connectivity index (χ0) is 14.5. The Morgan fingerprint density at radius 1 is 0.545 bits per heavy atom. The molecule has 0 N–H and O–H groups in total. The van der Waals surface area contributed by atoms with Gasteiger partial charge >= 0.3 is 0 Å². The number of rotatable bonds is 0. The predicted molar refractivity (Wildman–Crippen MR) is 90.8 cm³/mol. The summed E-state index contributed by atoms with van der Waals surface area (Å²) in [5, 5.41) is 5.12. The molecule has 4 aromatic carbocycles. The number of fused-ring (bicyclic) bond motifs is 6. The van der Waals surface area contributed by atoms with Crippen LogP contribution in [0.1, 0.15) is 11.1 Å². The summed E-state index contributed by atoms with van der Waals surface area (Å²) >= 11 is 0. The van der Waals surface area contributed by atoms with Gasteiger partial charge in [0.1, 0.15) is 11.5 Å². The minimum Gasteiger partial charge on any atom is -0.457 e. The molecule has 22 heavy (non-hydrogen) atoms. The molecule has 0 aliphatic carbocycles. The smallest absolute Gasteiger partial charge is 0.131 e. The van der Waals surface area contributed by atoms with Crippen molar-refractivity contribution in [3.8, 4) is 11.5 Å². The van der Waals surface area contributed by atoms with Crippen molar-refractivity contribution >= 4 is 21.5 Å². The molecule has 0 saturated heterocycles. The van der Waals surface area contributed by atoms with Crippen LogP contribution < -0.4 is 4.74 Å². The van der Waals surface area contributed by atoms with E-state index in [2.05, 4.69) is 72.8 Å². The minimum atomic E-state index is 0.924. The van der Waals surface area contributed by atoms with Crippen LogP contribution in [0.15, 0.2) is 72.8 Å². The minimum absolute atomic E-state index is 0.924. The van der Waals surface area contributed by atoms with Gasteiger partial charge in [0.25, 0.3) is 0 Å². The van der Waals surface area contributed by atoms with Gasteiger partial charge in [-0.2, -0.15) is 0 Å². The number of benzene rings is 4. The summed E-state index contributed by atoms with van der Waals surface area (Å²) in [5.74, 6) is 1.97. The van der Waals surface area contributed by atoms with E-state index in [4.69, 9.17) is 4.74 Å². The molecule has 0 aromatic heterocycles. The Hall–Kier alpha value is -2.80. The van der Waals surface area contributed by atoms with Crippen LogP contribution in [0.5, 0.6) is 11.5 Å². The van der Waals surface area contributed by atoms with Gasteiger partial charge in [-0.05, 0) is 33.7 Å². The molecular formula is C21H14O. The summed E-state index contributed by atoms with van der Waals surface area (Å²) in [6, 6.07) is 25.5. The van der Waals surface area contributed by atoms with Crippen LogP contribution in [0.2, 0.25) is 0 Å². The molecule has 1 heteroatoms. The molecule has 1 heterocycles. The zero-order valence-electron chi connectivity index (χ0n) is 12.0. The highest BCUT2D eigenvalue weighted by molar-refractivity contribution is 5.92. The summed E-state index contributed by atoms with van der Waals surface area (Å²) in [6.45, 7) is 0. The van der Waals surface area contributed by atoms with E-state index in [9.17, 15) is 0 Å². The van der Waals surface area contributed by atoms with Crippen LogP contribution in [-0.2, 0) is 6.42 Å². The molecule has 1 nitrogen and oxygen atoms in total. The average Bonchev–Trinajstić information content (AvgIpc) is 2.60. The molecule has 0 spiro atoms. The molecule has 0 bridgehead atoms. The van der Waals surface area contributed by atoms with Crippen LogP contribution in [0.4, 0.5) is 0 Å². The maximum absolute atomic E-state index is 6.19. The third kappa shape index (κ3) is 1.59. The van der Waals surface area contributed by atoms with Gasteiger partial charge in [-0.15, -0.1) is 0 Å². The van der Waals surface area contributed by atoms with Crippen molar-refractivity contribution in [1.29, 1.82) is 0 Å². The maximum atomic E-state index is 6.19. The van der Waals surface area contributed by atoms with Crippen molar-refractivity contribution in [2.45, 2.75) is 6.42 Å². The number of hydrogen-bond acceptors (Lipinski definition) is 1. The van der Waals surface area contributed by atoms with Gasteiger partial charge in [0, 0.05) is 17.5 Å². The Bertz CT molecular complexity index is 947. The Morgan fingerprint density at radius 3 is 1.59 bits per heavy atom. The summed E-state index contributed by atoms with van der Waals surface area (Å²) in [7, 11) is 0.